The van der Waals surface area contributed by atoms with E-state index in [1.807, 2.05) is 0 Å². The number of carboxylic acids is 1. The highest BCUT2D eigenvalue weighted by atomic mass is 35.5. The van der Waals surface area contributed by atoms with Crippen LogP contribution in [0, 0.1) is 5.92 Å². The number of carboxylic acid groups (broad SMARTS) is 1. The van der Waals surface area contributed by atoms with E-state index in [4.69, 9.17) is 25.8 Å². The number of hydrogen-bond acceptors (Lipinski definition) is 8. The van der Waals surface area contributed by atoms with E-state index in [9.17, 15) is 23.1 Å². The van der Waals surface area contributed by atoms with E-state index >= 15 is 0 Å². The van der Waals surface area contributed by atoms with Crippen molar-refractivity contribution in [2.45, 2.75) is 31.5 Å². The normalized spacial score (nSPS) is 17.2. The van der Waals surface area contributed by atoms with Crippen LogP contribution in [-0.2, 0) is 11.0 Å². The molecule has 1 saturated heterocycles. The summed E-state index contributed by atoms with van der Waals surface area (Å²) in [6.45, 7) is 1.73. The van der Waals surface area contributed by atoms with Gasteiger partial charge in [0.1, 0.15) is 5.56 Å². The van der Waals surface area contributed by atoms with E-state index in [0.29, 0.717) is 24.2 Å². The molecule has 0 aliphatic carbocycles. The van der Waals surface area contributed by atoms with Crippen molar-refractivity contribution in [3.8, 4) is 34.3 Å². The fraction of sp³-hybridized carbons (Fsp3) is 0.333. The van der Waals surface area contributed by atoms with Gasteiger partial charge in [0, 0.05) is 35.7 Å². The first-order valence-corrected chi connectivity index (χ1v) is 12.9. The average molecular weight is 577 g/mol. The van der Waals surface area contributed by atoms with Gasteiger partial charge in [0.2, 0.25) is 5.82 Å². The molecular formula is C27H24ClF3N4O5. The Morgan fingerprint density at radius 1 is 1.12 bits per heavy atom. The first-order valence-electron chi connectivity index (χ1n) is 12.5. The highest BCUT2D eigenvalue weighted by Crippen LogP contribution is 2.43. The third-order valence-corrected chi connectivity index (χ3v) is 6.98. The minimum absolute atomic E-state index is 0.0315. The molecule has 0 bridgehead atoms. The van der Waals surface area contributed by atoms with Crippen LogP contribution in [0.15, 0.2) is 57.6 Å². The minimum atomic E-state index is -4.83. The molecule has 1 aliphatic heterocycles. The second kappa shape index (κ2) is 11.4. The van der Waals surface area contributed by atoms with Gasteiger partial charge in [-0.05, 0) is 43.0 Å². The Bertz CT molecular complexity index is 1490. The molecule has 1 aliphatic rings. The number of piperidine rings is 1. The zero-order valence-electron chi connectivity index (χ0n) is 20.9. The highest BCUT2D eigenvalue weighted by Gasteiger charge is 2.43. The molecule has 2 N–H and O–H groups in total. The van der Waals surface area contributed by atoms with Crippen LogP contribution in [0.3, 0.4) is 0 Å². The lowest BCUT2D eigenvalue weighted by molar-refractivity contribution is -0.139. The molecule has 2 aromatic heterocycles. The molecule has 0 radical (unpaired) electrons. The molecule has 0 unspecified atom stereocenters. The highest BCUT2D eigenvalue weighted by molar-refractivity contribution is 6.30. The summed E-state index contributed by atoms with van der Waals surface area (Å²) in [6, 6.07) is 12.4. The maximum atomic E-state index is 14.0. The van der Waals surface area contributed by atoms with E-state index in [-0.39, 0.29) is 28.7 Å². The zero-order chi connectivity index (χ0) is 28.4. The lowest BCUT2D eigenvalue weighted by atomic mass is 9.94. The third kappa shape index (κ3) is 6.19. The van der Waals surface area contributed by atoms with E-state index in [1.54, 1.807) is 24.3 Å². The molecule has 4 aromatic rings. The Balaban J connectivity index is 1.32. The summed E-state index contributed by atoms with van der Waals surface area (Å²) >= 11 is 5.94. The molecule has 40 heavy (non-hydrogen) atoms. The summed E-state index contributed by atoms with van der Waals surface area (Å²) in [5, 5.41) is 27.4. The minimum Gasteiger partial charge on any atom is -0.481 e. The number of alkyl halides is 3. The van der Waals surface area contributed by atoms with Gasteiger partial charge >= 0.3 is 12.1 Å². The van der Waals surface area contributed by atoms with Gasteiger partial charge in [0.25, 0.3) is 5.89 Å². The van der Waals surface area contributed by atoms with Crippen LogP contribution in [0.1, 0.15) is 36.5 Å². The molecule has 0 amide bonds. The molecule has 0 spiro atoms. The van der Waals surface area contributed by atoms with Crippen molar-refractivity contribution in [2.75, 3.05) is 19.6 Å². The van der Waals surface area contributed by atoms with Gasteiger partial charge in [0.15, 0.2) is 11.5 Å². The van der Waals surface area contributed by atoms with Crippen LogP contribution < -0.4 is 0 Å². The molecule has 1 fully saturated rings. The van der Waals surface area contributed by atoms with Gasteiger partial charge in [-0.1, -0.05) is 58.3 Å². The Labute approximate surface area is 231 Å². The quantitative estimate of drug-likeness (QED) is 0.261. The lowest BCUT2D eigenvalue weighted by Gasteiger charge is -2.33. The second-order valence-electron chi connectivity index (χ2n) is 9.67. The van der Waals surface area contributed by atoms with Crippen molar-refractivity contribution in [3.63, 3.8) is 0 Å². The third-order valence-electron chi connectivity index (χ3n) is 6.74. The van der Waals surface area contributed by atoms with Crippen molar-refractivity contribution in [1.82, 2.24) is 20.2 Å². The number of carbonyl (C=O) groups is 1. The Kier molecular flexibility index (Phi) is 7.92. The van der Waals surface area contributed by atoms with E-state index < -0.39 is 41.2 Å². The summed E-state index contributed by atoms with van der Waals surface area (Å²) in [7, 11) is 0. The molecule has 210 valence electrons. The summed E-state index contributed by atoms with van der Waals surface area (Å²) < 4.78 is 52.3. The average Bonchev–Trinajstić information content (AvgIpc) is 3.56. The first kappa shape index (κ1) is 27.8. The maximum Gasteiger partial charge on any atom is 0.422 e. The monoisotopic (exact) mass is 576 g/mol. The van der Waals surface area contributed by atoms with Gasteiger partial charge in [-0.25, -0.2) is 0 Å². The predicted octanol–water partition coefficient (Wildman–Crippen LogP) is 5.95. The first-order chi connectivity index (χ1) is 19.1. The number of rotatable bonds is 8. The van der Waals surface area contributed by atoms with Gasteiger partial charge in [-0.2, -0.15) is 18.2 Å². The second-order valence-corrected chi connectivity index (χ2v) is 10.1. The SMILES string of the molecule is O=C(O)C[C@H]1CCCN(C[C@H](O)c2ccc(-c3noc(-c4noc(-c5cccc(Cl)c5)c4C(F)(F)F)n3)cc2)C1. The summed E-state index contributed by atoms with van der Waals surface area (Å²) in [5.74, 6) is -1.73. The van der Waals surface area contributed by atoms with Crippen LogP contribution in [0.2, 0.25) is 5.02 Å². The van der Waals surface area contributed by atoms with Crippen molar-refractivity contribution in [1.29, 1.82) is 0 Å². The Morgan fingerprint density at radius 2 is 1.90 bits per heavy atom. The number of hydrogen-bond donors (Lipinski definition) is 2. The van der Waals surface area contributed by atoms with Crippen molar-refractivity contribution < 1.29 is 37.2 Å². The zero-order valence-corrected chi connectivity index (χ0v) is 21.7. The summed E-state index contributed by atoms with van der Waals surface area (Å²) in [6.07, 6.45) is -3.82. The molecule has 3 heterocycles. The van der Waals surface area contributed by atoms with Crippen LogP contribution in [0.25, 0.3) is 34.3 Å². The Morgan fingerprint density at radius 3 is 2.60 bits per heavy atom. The number of β-amino-alcohol motifs (C(OH)–C–C–N with tert-alkyl or cyclic N) is 1. The fourth-order valence-electron chi connectivity index (χ4n) is 4.90. The standard InChI is InChI=1S/C27H24ClF3N4O5/c28-19-5-1-4-18(12-19)24-22(27(29,30)31)23(33-39-24)26-32-25(34-40-26)17-8-6-16(7-9-17)20(36)14-35-10-2-3-15(13-35)11-21(37)38/h1,4-9,12,15,20,36H,2-3,10-11,13-14H2,(H,37,38)/t15-,20+/m1/s1. The lowest BCUT2D eigenvalue weighted by Crippen LogP contribution is -2.38. The number of aliphatic carboxylic acids is 1. The number of aliphatic hydroxyl groups is 1. The molecule has 5 rings (SSSR count). The van der Waals surface area contributed by atoms with Crippen LogP contribution >= 0.6 is 11.6 Å². The summed E-state index contributed by atoms with van der Waals surface area (Å²) in [4.78, 5) is 17.2. The number of benzene rings is 2. The van der Waals surface area contributed by atoms with E-state index in [2.05, 4.69) is 20.2 Å². The molecular weight excluding hydrogens is 553 g/mol. The molecule has 2 aromatic carbocycles. The molecule has 0 saturated carbocycles. The van der Waals surface area contributed by atoms with Gasteiger partial charge < -0.3 is 24.2 Å². The van der Waals surface area contributed by atoms with Gasteiger partial charge in [-0.3, -0.25) is 4.79 Å². The number of aliphatic hydroxyl groups excluding tert-OH is 1. The molecule has 2 atom stereocenters. The number of aromatic nitrogens is 3. The van der Waals surface area contributed by atoms with Gasteiger partial charge in [0.05, 0.1) is 6.10 Å². The molecule has 13 heteroatoms. The molecule has 9 nitrogen and oxygen atoms in total. The number of likely N-dealkylation sites (tertiary alicyclic amines) is 1. The smallest absolute Gasteiger partial charge is 0.422 e. The van der Waals surface area contributed by atoms with E-state index in [0.717, 1.165) is 19.4 Å². The topological polar surface area (TPSA) is 126 Å². The number of nitrogens with zero attached hydrogens (tertiary/aromatic N) is 4. The van der Waals surface area contributed by atoms with Gasteiger partial charge in [-0.15, -0.1) is 0 Å². The fourth-order valence-corrected chi connectivity index (χ4v) is 5.09. The van der Waals surface area contributed by atoms with Crippen LogP contribution in [0.4, 0.5) is 13.2 Å². The summed E-state index contributed by atoms with van der Waals surface area (Å²) in [5.41, 5.74) is -0.635. The largest absolute Gasteiger partial charge is 0.481 e. The van der Waals surface area contributed by atoms with Crippen molar-refractivity contribution in [2.24, 2.45) is 5.92 Å². The van der Waals surface area contributed by atoms with Crippen molar-refractivity contribution >= 4 is 17.6 Å². The van der Waals surface area contributed by atoms with E-state index in [1.165, 1.54) is 24.3 Å². The maximum absolute atomic E-state index is 14.0. The van der Waals surface area contributed by atoms with Crippen LogP contribution in [-0.4, -0.2) is 56.0 Å². The van der Waals surface area contributed by atoms with Crippen molar-refractivity contribution in [3.05, 3.63) is 64.7 Å². The number of halogens is 4. The predicted molar refractivity (Wildman–Crippen MR) is 137 cm³/mol. The van der Waals surface area contributed by atoms with Crippen LogP contribution in [0.5, 0.6) is 0 Å². The Hall–Kier alpha value is -3.74.